The second-order valence-electron chi connectivity index (χ2n) is 3.25. The van der Waals surface area contributed by atoms with Crippen LogP contribution in [0.1, 0.15) is 5.69 Å². The van der Waals surface area contributed by atoms with Gasteiger partial charge in [-0.2, -0.15) is 10.2 Å². The Bertz CT molecular complexity index is 443. The minimum Gasteiger partial charge on any atom is -0.379 e. The van der Waals surface area contributed by atoms with Gasteiger partial charge in [0.05, 0.1) is 12.2 Å². The Balaban J connectivity index is 1.99. The molecule has 0 atom stereocenters. The van der Waals surface area contributed by atoms with Crippen molar-refractivity contribution in [3.05, 3.63) is 42.4 Å². The van der Waals surface area contributed by atoms with Crippen LogP contribution in [0.25, 0.3) is 0 Å². The number of nitrogens with one attached hydrogen (secondary N) is 2. The Morgan fingerprint density at radius 3 is 2.94 bits per heavy atom. The first kappa shape index (κ1) is 10.4. The number of hydrogen-bond donors (Lipinski definition) is 2. The number of hydrogen-bond acceptors (Lipinski definition) is 5. The van der Waals surface area contributed by atoms with Crippen molar-refractivity contribution in [2.24, 2.45) is 0 Å². The molecule has 2 N–H and O–H groups in total. The van der Waals surface area contributed by atoms with Gasteiger partial charge < -0.3 is 10.6 Å². The Labute approximate surface area is 93.9 Å². The summed E-state index contributed by atoms with van der Waals surface area (Å²) in [5, 5.41) is 14.0. The van der Waals surface area contributed by atoms with Crippen LogP contribution in [0.3, 0.4) is 0 Å². The van der Waals surface area contributed by atoms with Crippen molar-refractivity contribution in [1.29, 1.82) is 0 Å². The zero-order valence-electron chi connectivity index (χ0n) is 9.01. The summed E-state index contributed by atoms with van der Waals surface area (Å²) < 4.78 is 0. The summed E-state index contributed by atoms with van der Waals surface area (Å²) in [5.41, 5.74) is 1.91. The molecule has 2 aromatic rings. The number of aromatic nitrogens is 3. The molecule has 2 heterocycles. The van der Waals surface area contributed by atoms with E-state index in [9.17, 15) is 0 Å². The van der Waals surface area contributed by atoms with Crippen molar-refractivity contribution in [2.75, 3.05) is 17.7 Å². The van der Waals surface area contributed by atoms with Gasteiger partial charge in [-0.25, -0.2) is 4.98 Å². The second kappa shape index (κ2) is 5.06. The van der Waals surface area contributed by atoms with E-state index in [1.807, 2.05) is 31.3 Å². The van der Waals surface area contributed by atoms with Crippen LogP contribution in [-0.2, 0) is 6.54 Å². The minimum absolute atomic E-state index is 0.654. The third-order valence-corrected chi connectivity index (χ3v) is 2.12. The van der Waals surface area contributed by atoms with Crippen molar-refractivity contribution in [2.45, 2.75) is 6.54 Å². The van der Waals surface area contributed by atoms with Gasteiger partial charge in [-0.15, -0.1) is 0 Å². The lowest BCUT2D eigenvalue weighted by Crippen LogP contribution is -2.03. The molecule has 0 saturated carbocycles. The van der Waals surface area contributed by atoms with Crippen LogP contribution in [0.2, 0.25) is 0 Å². The van der Waals surface area contributed by atoms with Crippen molar-refractivity contribution in [3.63, 3.8) is 0 Å². The van der Waals surface area contributed by atoms with E-state index in [2.05, 4.69) is 25.8 Å². The van der Waals surface area contributed by atoms with Gasteiger partial charge in [0.25, 0.3) is 0 Å². The summed E-state index contributed by atoms with van der Waals surface area (Å²) >= 11 is 0. The van der Waals surface area contributed by atoms with Gasteiger partial charge in [0.2, 0.25) is 0 Å². The van der Waals surface area contributed by atoms with E-state index in [4.69, 9.17) is 0 Å². The molecule has 0 saturated heterocycles. The molecule has 0 radical (unpaired) electrons. The van der Waals surface area contributed by atoms with Gasteiger partial charge in [-0.1, -0.05) is 0 Å². The van der Waals surface area contributed by atoms with Gasteiger partial charge in [-0.3, -0.25) is 0 Å². The van der Waals surface area contributed by atoms with Crippen molar-refractivity contribution in [1.82, 2.24) is 15.2 Å². The first-order valence-electron chi connectivity index (χ1n) is 5.03. The summed E-state index contributed by atoms with van der Waals surface area (Å²) in [6.07, 6.45) is 3.42. The molecule has 0 aliphatic heterocycles. The molecule has 0 spiro atoms. The maximum Gasteiger partial charge on any atom is 0.127 e. The quantitative estimate of drug-likeness (QED) is 0.809. The summed E-state index contributed by atoms with van der Waals surface area (Å²) in [6.45, 7) is 0.654. The highest BCUT2D eigenvalue weighted by molar-refractivity contribution is 5.51. The predicted molar refractivity (Wildman–Crippen MR) is 63.1 cm³/mol. The van der Waals surface area contributed by atoms with Gasteiger partial charge in [0.15, 0.2) is 0 Å². The number of rotatable bonds is 4. The molecule has 0 aromatic carbocycles. The van der Waals surface area contributed by atoms with E-state index in [-0.39, 0.29) is 0 Å². The third kappa shape index (κ3) is 2.66. The van der Waals surface area contributed by atoms with Crippen molar-refractivity contribution < 1.29 is 0 Å². The van der Waals surface area contributed by atoms with Gasteiger partial charge in [-0.05, 0) is 18.2 Å². The van der Waals surface area contributed by atoms with Crippen LogP contribution in [0.4, 0.5) is 11.5 Å². The zero-order valence-corrected chi connectivity index (χ0v) is 9.01. The summed E-state index contributed by atoms with van der Waals surface area (Å²) in [4.78, 5) is 4.13. The Morgan fingerprint density at radius 2 is 2.19 bits per heavy atom. The number of pyridine rings is 1. The molecule has 2 rings (SSSR count). The number of anilines is 2. The Morgan fingerprint density at radius 1 is 1.25 bits per heavy atom. The lowest BCUT2D eigenvalue weighted by Gasteiger charge is -2.06. The van der Waals surface area contributed by atoms with E-state index in [0.29, 0.717) is 6.54 Å². The molecular weight excluding hydrogens is 202 g/mol. The molecule has 0 aliphatic carbocycles. The van der Waals surface area contributed by atoms with Crippen LogP contribution >= 0.6 is 0 Å². The topological polar surface area (TPSA) is 62.7 Å². The predicted octanol–water partition coefficient (Wildman–Crippen LogP) is 1.53. The lowest BCUT2D eigenvalue weighted by atomic mass is 10.3. The van der Waals surface area contributed by atoms with E-state index < -0.39 is 0 Å². The van der Waals surface area contributed by atoms with Crippen molar-refractivity contribution in [3.8, 4) is 0 Å². The van der Waals surface area contributed by atoms with E-state index >= 15 is 0 Å². The molecule has 0 amide bonds. The standard InChI is InChI=1S/C11H13N5/c1-12-11-7-9(4-6-13-11)14-8-10-3-2-5-15-16-10/h2-7H,8H2,1H3,(H2,12,13,14). The average molecular weight is 215 g/mol. The summed E-state index contributed by atoms with van der Waals surface area (Å²) in [6, 6.07) is 7.66. The van der Waals surface area contributed by atoms with Gasteiger partial charge >= 0.3 is 0 Å². The Hall–Kier alpha value is -2.17. The van der Waals surface area contributed by atoms with Crippen LogP contribution in [0.5, 0.6) is 0 Å². The highest BCUT2D eigenvalue weighted by Gasteiger charge is 1.96. The highest BCUT2D eigenvalue weighted by Crippen LogP contribution is 2.11. The normalized spacial score (nSPS) is 9.81. The van der Waals surface area contributed by atoms with Gasteiger partial charge in [0.1, 0.15) is 5.82 Å². The monoisotopic (exact) mass is 215 g/mol. The van der Waals surface area contributed by atoms with E-state index in [1.165, 1.54) is 0 Å². The molecular formula is C11H13N5. The molecule has 0 bridgehead atoms. The fourth-order valence-corrected chi connectivity index (χ4v) is 1.30. The van der Waals surface area contributed by atoms with Crippen molar-refractivity contribution >= 4 is 11.5 Å². The number of nitrogens with zero attached hydrogens (tertiary/aromatic N) is 3. The molecule has 2 aromatic heterocycles. The lowest BCUT2D eigenvalue weighted by molar-refractivity contribution is 0.924. The van der Waals surface area contributed by atoms with Crippen LogP contribution in [0, 0.1) is 0 Å². The van der Waals surface area contributed by atoms with Crippen LogP contribution in [0.15, 0.2) is 36.7 Å². The summed E-state index contributed by atoms with van der Waals surface area (Å²) in [5.74, 6) is 0.837. The third-order valence-electron chi connectivity index (χ3n) is 2.12. The zero-order chi connectivity index (χ0) is 11.2. The maximum atomic E-state index is 4.13. The van der Waals surface area contributed by atoms with Crippen LogP contribution in [-0.4, -0.2) is 22.2 Å². The molecule has 0 fully saturated rings. The Kier molecular flexibility index (Phi) is 3.28. The van der Waals surface area contributed by atoms with Gasteiger partial charge in [0, 0.05) is 31.2 Å². The second-order valence-corrected chi connectivity index (χ2v) is 3.25. The fraction of sp³-hybridized carbons (Fsp3) is 0.182. The molecule has 0 unspecified atom stereocenters. The smallest absolute Gasteiger partial charge is 0.127 e. The molecule has 16 heavy (non-hydrogen) atoms. The molecule has 5 heteroatoms. The molecule has 5 nitrogen and oxygen atoms in total. The SMILES string of the molecule is CNc1cc(NCc2cccnn2)ccn1. The fourth-order valence-electron chi connectivity index (χ4n) is 1.30. The minimum atomic E-state index is 0.654. The average Bonchev–Trinajstić information content (AvgIpc) is 2.38. The van der Waals surface area contributed by atoms with E-state index in [0.717, 1.165) is 17.2 Å². The summed E-state index contributed by atoms with van der Waals surface area (Å²) in [7, 11) is 1.84. The largest absolute Gasteiger partial charge is 0.379 e. The highest BCUT2D eigenvalue weighted by atomic mass is 15.1. The first-order chi connectivity index (χ1) is 7.88. The first-order valence-corrected chi connectivity index (χ1v) is 5.03. The maximum absolute atomic E-state index is 4.13. The molecule has 82 valence electrons. The van der Waals surface area contributed by atoms with Crippen LogP contribution < -0.4 is 10.6 Å². The van der Waals surface area contributed by atoms with E-state index in [1.54, 1.807) is 12.4 Å². The molecule has 0 aliphatic rings.